The van der Waals surface area contributed by atoms with E-state index in [1.54, 1.807) is 19.1 Å². The number of nitrogens with zero attached hydrogens (tertiary/aromatic N) is 3. The molecule has 1 atom stereocenters. The summed E-state index contributed by atoms with van der Waals surface area (Å²) < 4.78 is 7.53. The fourth-order valence-corrected chi connectivity index (χ4v) is 4.32. The van der Waals surface area contributed by atoms with Crippen molar-refractivity contribution in [3.63, 3.8) is 0 Å². The topological polar surface area (TPSA) is 99.3 Å². The number of nitrogens with one attached hydrogen (secondary N) is 1. The predicted molar refractivity (Wildman–Crippen MR) is 129 cm³/mol. The average Bonchev–Trinajstić information content (AvgIpc) is 3.17. The SMILES string of the molecule is CCOc1ccc(-n2c(SC(C)C(=O)Nc3ccccc3[N+](=O)[O-])nc3ccccc32)cc1. The third-order valence-corrected chi connectivity index (χ3v) is 6.00. The number of imidazole rings is 1. The lowest BCUT2D eigenvalue weighted by Crippen LogP contribution is -2.23. The smallest absolute Gasteiger partial charge is 0.292 e. The van der Waals surface area contributed by atoms with E-state index in [-0.39, 0.29) is 17.3 Å². The highest BCUT2D eigenvalue weighted by Crippen LogP contribution is 2.32. The highest BCUT2D eigenvalue weighted by Gasteiger charge is 2.23. The number of carbonyl (C=O) groups excluding carboxylic acids is 1. The van der Waals surface area contributed by atoms with E-state index in [2.05, 4.69) is 5.32 Å². The van der Waals surface area contributed by atoms with Crippen molar-refractivity contribution in [2.45, 2.75) is 24.3 Å². The first kappa shape index (κ1) is 22.3. The molecule has 8 nitrogen and oxygen atoms in total. The van der Waals surface area contributed by atoms with Gasteiger partial charge in [0.15, 0.2) is 5.16 Å². The summed E-state index contributed by atoms with van der Waals surface area (Å²) >= 11 is 1.29. The highest BCUT2D eigenvalue weighted by atomic mass is 32.2. The van der Waals surface area contributed by atoms with Crippen LogP contribution in [-0.4, -0.2) is 32.2 Å². The first-order chi connectivity index (χ1) is 16.0. The van der Waals surface area contributed by atoms with Crippen molar-refractivity contribution in [2.24, 2.45) is 0 Å². The summed E-state index contributed by atoms with van der Waals surface area (Å²) in [5.41, 5.74) is 2.63. The van der Waals surface area contributed by atoms with Crippen molar-refractivity contribution in [1.29, 1.82) is 0 Å². The Labute approximate surface area is 194 Å². The highest BCUT2D eigenvalue weighted by molar-refractivity contribution is 8.00. The molecule has 1 N–H and O–H groups in total. The van der Waals surface area contributed by atoms with E-state index in [9.17, 15) is 14.9 Å². The van der Waals surface area contributed by atoms with Crippen LogP contribution in [0.4, 0.5) is 11.4 Å². The normalized spacial score (nSPS) is 11.8. The van der Waals surface area contributed by atoms with Crippen molar-refractivity contribution in [3.8, 4) is 11.4 Å². The van der Waals surface area contributed by atoms with Gasteiger partial charge in [-0.05, 0) is 56.3 Å². The average molecular weight is 463 g/mol. The van der Waals surface area contributed by atoms with Crippen molar-refractivity contribution < 1.29 is 14.5 Å². The monoisotopic (exact) mass is 462 g/mol. The predicted octanol–water partition coefficient (Wildman–Crippen LogP) is 5.45. The molecule has 0 aliphatic heterocycles. The lowest BCUT2D eigenvalue weighted by molar-refractivity contribution is -0.383. The van der Waals surface area contributed by atoms with Gasteiger partial charge >= 0.3 is 0 Å². The van der Waals surface area contributed by atoms with Gasteiger partial charge in [-0.15, -0.1) is 0 Å². The lowest BCUT2D eigenvalue weighted by atomic mass is 10.2. The van der Waals surface area contributed by atoms with Crippen molar-refractivity contribution in [1.82, 2.24) is 9.55 Å². The number of rotatable bonds is 8. The van der Waals surface area contributed by atoms with E-state index in [1.807, 2.05) is 60.0 Å². The van der Waals surface area contributed by atoms with Crippen LogP contribution in [0.25, 0.3) is 16.7 Å². The zero-order chi connectivity index (χ0) is 23.4. The Hall–Kier alpha value is -3.85. The van der Waals surface area contributed by atoms with Gasteiger partial charge in [-0.2, -0.15) is 0 Å². The first-order valence-corrected chi connectivity index (χ1v) is 11.3. The molecule has 168 valence electrons. The summed E-state index contributed by atoms with van der Waals surface area (Å²) in [6, 6.07) is 21.5. The molecule has 3 aromatic carbocycles. The summed E-state index contributed by atoms with van der Waals surface area (Å²) in [4.78, 5) is 28.3. The molecule has 0 radical (unpaired) electrons. The third-order valence-electron chi connectivity index (χ3n) is 4.95. The zero-order valence-corrected chi connectivity index (χ0v) is 18.9. The minimum atomic E-state index is -0.553. The fourth-order valence-electron chi connectivity index (χ4n) is 3.38. The van der Waals surface area contributed by atoms with Gasteiger partial charge in [0.05, 0.1) is 27.8 Å². The maximum Gasteiger partial charge on any atom is 0.292 e. The largest absolute Gasteiger partial charge is 0.494 e. The number of amides is 1. The molecular weight excluding hydrogens is 440 g/mol. The van der Waals surface area contributed by atoms with Gasteiger partial charge in [-0.3, -0.25) is 19.5 Å². The number of ether oxygens (including phenoxy) is 1. The van der Waals surface area contributed by atoms with Gasteiger partial charge in [-0.1, -0.05) is 36.0 Å². The Morgan fingerprint density at radius 2 is 1.82 bits per heavy atom. The van der Waals surface area contributed by atoms with E-state index in [0.29, 0.717) is 11.8 Å². The standard InChI is InChI=1S/C24H22N4O4S/c1-3-32-18-14-12-17(13-15-18)27-21-10-6-4-8-19(21)26-24(27)33-16(2)23(29)25-20-9-5-7-11-22(20)28(30)31/h4-16H,3H2,1-2H3,(H,25,29). The Balaban J connectivity index is 1.63. The summed E-state index contributed by atoms with van der Waals surface area (Å²) in [6.45, 7) is 4.26. The van der Waals surface area contributed by atoms with Gasteiger partial charge in [0.25, 0.3) is 5.69 Å². The minimum Gasteiger partial charge on any atom is -0.494 e. The van der Waals surface area contributed by atoms with E-state index >= 15 is 0 Å². The van der Waals surface area contributed by atoms with Crippen LogP contribution in [0.1, 0.15) is 13.8 Å². The summed E-state index contributed by atoms with van der Waals surface area (Å²) in [5, 5.41) is 14.0. The molecule has 4 rings (SSSR count). The van der Waals surface area contributed by atoms with Crippen LogP contribution in [0.3, 0.4) is 0 Å². The molecule has 0 saturated heterocycles. The Morgan fingerprint density at radius 1 is 1.12 bits per heavy atom. The number of nitro groups is 1. The van der Waals surface area contributed by atoms with Crippen LogP contribution in [0.2, 0.25) is 0 Å². The van der Waals surface area contributed by atoms with Crippen LogP contribution < -0.4 is 10.1 Å². The summed E-state index contributed by atoms with van der Waals surface area (Å²) in [7, 11) is 0. The molecule has 33 heavy (non-hydrogen) atoms. The molecule has 1 unspecified atom stereocenters. The minimum absolute atomic E-state index is 0.148. The fraction of sp³-hybridized carbons (Fsp3) is 0.167. The van der Waals surface area contributed by atoms with E-state index < -0.39 is 10.2 Å². The van der Waals surface area contributed by atoms with Gasteiger partial charge < -0.3 is 10.1 Å². The van der Waals surface area contributed by atoms with E-state index in [0.717, 1.165) is 22.5 Å². The number of fused-ring (bicyclic) bond motifs is 1. The van der Waals surface area contributed by atoms with Gasteiger partial charge in [-0.25, -0.2) is 4.98 Å². The second-order valence-electron chi connectivity index (χ2n) is 7.17. The number of nitro benzene ring substituents is 1. The van der Waals surface area contributed by atoms with Crippen molar-refractivity contribution >= 4 is 40.1 Å². The van der Waals surface area contributed by atoms with E-state index in [4.69, 9.17) is 9.72 Å². The van der Waals surface area contributed by atoms with Gasteiger partial charge in [0.2, 0.25) is 5.91 Å². The summed E-state index contributed by atoms with van der Waals surface area (Å²) in [5.74, 6) is 0.427. The number of benzene rings is 3. The molecule has 9 heteroatoms. The Bertz CT molecular complexity index is 1300. The number of hydrogen-bond acceptors (Lipinski definition) is 6. The number of para-hydroxylation sites is 4. The second-order valence-corrected chi connectivity index (χ2v) is 8.48. The molecule has 1 amide bonds. The van der Waals surface area contributed by atoms with Crippen LogP contribution in [0, 0.1) is 10.1 Å². The molecule has 1 aromatic heterocycles. The lowest BCUT2D eigenvalue weighted by Gasteiger charge is -2.14. The third kappa shape index (κ3) is 4.83. The Kier molecular flexibility index (Phi) is 6.60. The molecule has 0 fully saturated rings. The second kappa shape index (κ2) is 9.74. The number of aromatic nitrogens is 2. The number of thioether (sulfide) groups is 1. The zero-order valence-electron chi connectivity index (χ0n) is 18.1. The first-order valence-electron chi connectivity index (χ1n) is 10.4. The van der Waals surface area contributed by atoms with Gasteiger partial charge in [0, 0.05) is 11.8 Å². The molecule has 0 bridgehead atoms. The molecule has 1 heterocycles. The maximum atomic E-state index is 12.9. The van der Waals surface area contributed by atoms with Crippen molar-refractivity contribution in [3.05, 3.63) is 82.9 Å². The Morgan fingerprint density at radius 3 is 2.55 bits per heavy atom. The molecule has 0 saturated carbocycles. The van der Waals surface area contributed by atoms with Crippen LogP contribution in [0.5, 0.6) is 5.75 Å². The quantitative estimate of drug-likeness (QED) is 0.212. The molecule has 0 aliphatic rings. The van der Waals surface area contributed by atoms with E-state index in [1.165, 1.54) is 23.9 Å². The van der Waals surface area contributed by atoms with Crippen LogP contribution >= 0.6 is 11.8 Å². The van der Waals surface area contributed by atoms with Crippen LogP contribution in [0.15, 0.2) is 78.0 Å². The maximum absolute atomic E-state index is 12.9. The number of carbonyl (C=O) groups is 1. The number of anilines is 1. The van der Waals surface area contributed by atoms with Gasteiger partial charge in [0.1, 0.15) is 11.4 Å². The molecule has 0 spiro atoms. The number of hydrogen-bond donors (Lipinski definition) is 1. The molecular formula is C24H22N4O4S. The van der Waals surface area contributed by atoms with Crippen molar-refractivity contribution in [2.75, 3.05) is 11.9 Å². The molecule has 4 aromatic rings. The molecule has 0 aliphatic carbocycles. The summed E-state index contributed by atoms with van der Waals surface area (Å²) in [6.07, 6.45) is 0. The van der Waals surface area contributed by atoms with Crippen LogP contribution in [-0.2, 0) is 4.79 Å².